The summed E-state index contributed by atoms with van der Waals surface area (Å²) in [6, 6.07) is 8.31. The summed E-state index contributed by atoms with van der Waals surface area (Å²) in [4.78, 5) is 1.34. The molecule has 0 aromatic heterocycles. The van der Waals surface area contributed by atoms with Crippen LogP contribution in [0.15, 0.2) is 33.6 Å². The molecule has 0 aliphatic carbocycles. The van der Waals surface area contributed by atoms with Gasteiger partial charge in [0.05, 0.1) is 0 Å². The van der Waals surface area contributed by atoms with Crippen LogP contribution in [0.2, 0.25) is 0 Å². The predicted molar refractivity (Wildman–Crippen MR) is 52.7 cm³/mol. The standard InChI is InChI=1S/C8H10BrS/c1-10(2)8-5-3-4-7(9)6-8/h3-6,10H,1H2,2H3. The van der Waals surface area contributed by atoms with Gasteiger partial charge in [0.25, 0.3) is 0 Å². The third-order valence-electron chi connectivity index (χ3n) is 1.25. The Labute approximate surface area is 73.1 Å². The van der Waals surface area contributed by atoms with E-state index in [2.05, 4.69) is 40.6 Å². The first-order valence-corrected chi connectivity index (χ1v) is 5.76. The number of hydrogen-bond donors (Lipinski definition) is 1. The van der Waals surface area contributed by atoms with Gasteiger partial charge in [-0.2, -0.15) is 0 Å². The molecule has 0 nitrogen and oxygen atoms in total. The zero-order chi connectivity index (χ0) is 7.56. The zero-order valence-electron chi connectivity index (χ0n) is 5.84. The second-order valence-electron chi connectivity index (χ2n) is 2.18. The minimum Gasteiger partial charge on any atom is -0.229 e. The molecule has 0 heterocycles. The van der Waals surface area contributed by atoms with Gasteiger partial charge in [-0.15, -0.1) is 0 Å². The van der Waals surface area contributed by atoms with Crippen LogP contribution in [0.5, 0.6) is 0 Å². The highest BCUT2D eigenvalue weighted by atomic mass is 79.9. The van der Waals surface area contributed by atoms with Gasteiger partial charge in [0.15, 0.2) is 0 Å². The van der Waals surface area contributed by atoms with Crippen molar-refractivity contribution in [3.05, 3.63) is 35.0 Å². The Bertz CT molecular complexity index is 220. The van der Waals surface area contributed by atoms with E-state index in [0.29, 0.717) is 0 Å². The minimum absolute atomic E-state index is 0.192. The molecule has 0 saturated heterocycles. The van der Waals surface area contributed by atoms with E-state index < -0.39 is 0 Å². The van der Waals surface area contributed by atoms with E-state index in [-0.39, 0.29) is 10.9 Å². The van der Waals surface area contributed by atoms with E-state index in [0.717, 1.165) is 4.47 Å². The van der Waals surface area contributed by atoms with Crippen LogP contribution in [0.25, 0.3) is 0 Å². The summed E-state index contributed by atoms with van der Waals surface area (Å²) in [6.45, 7) is 0. The second-order valence-corrected chi connectivity index (χ2v) is 5.01. The summed E-state index contributed by atoms with van der Waals surface area (Å²) in [5.41, 5.74) is 0. The molecular weight excluding hydrogens is 208 g/mol. The molecule has 55 valence electrons. The molecule has 2 heteroatoms. The van der Waals surface area contributed by atoms with Crippen LogP contribution in [-0.4, -0.2) is 6.26 Å². The minimum atomic E-state index is -0.192. The molecule has 0 fully saturated rings. The Morgan fingerprint density at radius 1 is 1.50 bits per heavy atom. The normalized spacial score (nSPS) is 11.3. The van der Waals surface area contributed by atoms with Crippen LogP contribution in [0.3, 0.4) is 0 Å². The lowest BCUT2D eigenvalue weighted by Crippen LogP contribution is -1.74. The molecule has 0 saturated carbocycles. The van der Waals surface area contributed by atoms with Gasteiger partial charge in [-0.25, -0.2) is 10.9 Å². The first-order valence-electron chi connectivity index (χ1n) is 3.00. The van der Waals surface area contributed by atoms with Crippen molar-refractivity contribution in [2.45, 2.75) is 4.90 Å². The van der Waals surface area contributed by atoms with Gasteiger partial charge < -0.3 is 0 Å². The third-order valence-corrected chi connectivity index (χ3v) is 2.90. The van der Waals surface area contributed by atoms with E-state index in [4.69, 9.17) is 0 Å². The van der Waals surface area contributed by atoms with E-state index >= 15 is 0 Å². The molecule has 1 aromatic carbocycles. The SMILES string of the molecule is [CH2][SH](C)c1cccc(Br)c1. The molecule has 0 N–H and O–H groups in total. The highest BCUT2D eigenvalue weighted by Gasteiger charge is 1.93. The molecule has 0 amide bonds. The van der Waals surface area contributed by atoms with Crippen molar-refractivity contribution in [3.63, 3.8) is 0 Å². The summed E-state index contributed by atoms with van der Waals surface area (Å²) >= 11 is 3.41. The summed E-state index contributed by atoms with van der Waals surface area (Å²) in [5.74, 6) is 0. The Morgan fingerprint density at radius 2 is 2.20 bits per heavy atom. The topological polar surface area (TPSA) is 0 Å². The molecule has 1 aromatic rings. The third kappa shape index (κ3) is 2.03. The van der Waals surface area contributed by atoms with Crippen molar-refractivity contribution in [2.75, 3.05) is 6.26 Å². The summed E-state index contributed by atoms with van der Waals surface area (Å²) in [7, 11) is -0.192. The lowest BCUT2D eigenvalue weighted by atomic mass is 10.4. The van der Waals surface area contributed by atoms with E-state index in [1.54, 1.807) is 0 Å². The van der Waals surface area contributed by atoms with Crippen LogP contribution in [0.4, 0.5) is 0 Å². The monoisotopic (exact) mass is 217 g/mol. The van der Waals surface area contributed by atoms with Crippen LogP contribution in [-0.2, 0) is 0 Å². The van der Waals surface area contributed by atoms with Crippen LogP contribution >= 0.6 is 26.8 Å². The fraction of sp³-hybridized carbons (Fsp3) is 0.125. The maximum atomic E-state index is 3.99. The number of benzene rings is 1. The van der Waals surface area contributed by atoms with Gasteiger partial charge in [0.1, 0.15) is 0 Å². The molecule has 0 aliphatic heterocycles. The average molecular weight is 218 g/mol. The molecule has 1 atom stereocenters. The first-order chi connectivity index (χ1) is 4.70. The van der Waals surface area contributed by atoms with Gasteiger partial charge in [0, 0.05) is 4.47 Å². The fourth-order valence-corrected chi connectivity index (χ4v) is 1.99. The van der Waals surface area contributed by atoms with Crippen molar-refractivity contribution < 1.29 is 0 Å². The highest BCUT2D eigenvalue weighted by molar-refractivity contribution is 9.10. The van der Waals surface area contributed by atoms with Crippen LogP contribution in [0, 0.1) is 6.26 Å². The predicted octanol–water partition coefficient (Wildman–Crippen LogP) is 3.23. The molecule has 1 radical (unpaired) electrons. The van der Waals surface area contributed by atoms with Crippen molar-refractivity contribution in [2.24, 2.45) is 0 Å². The number of hydrogen-bond acceptors (Lipinski definition) is 0. The van der Waals surface area contributed by atoms with Crippen molar-refractivity contribution in [3.8, 4) is 0 Å². The molecular formula is C8H10BrS. The Balaban J connectivity index is 2.96. The molecule has 1 unspecified atom stereocenters. The van der Waals surface area contributed by atoms with Gasteiger partial charge >= 0.3 is 0 Å². The Hall–Kier alpha value is 0.0500. The van der Waals surface area contributed by atoms with Crippen LogP contribution < -0.4 is 0 Å². The number of rotatable bonds is 1. The lowest BCUT2D eigenvalue weighted by Gasteiger charge is -2.08. The van der Waals surface area contributed by atoms with Gasteiger partial charge in [-0.05, 0) is 29.5 Å². The first kappa shape index (κ1) is 8.15. The maximum Gasteiger partial charge on any atom is 0.0185 e. The summed E-state index contributed by atoms with van der Waals surface area (Å²) in [6.07, 6.45) is 6.14. The molecule has 0 bridgehead atoms. The van der Waals surface area contributed by atoms with E-state index in [1.807, 2.05) is 12.1 Å². The molecule has 0 spiro atoms. The largest absolute Gasteiger partial charge is 0.229 e. The fourth-order valence-electron chi connectivity index (χ4n) is 0.714. The van der Waals surface area contributed by atoms with Crippen molar-refractivity contribution in [1.82, 2.24) is 0 Å². The quantitative estimate of drug-likeness (QED) is 0.687. The number of thiol groups is 1. The van der Waals surface area contributed by atoms with Crippen LogP contribution in [0.1, 0.15) is 0 Å². The summed E-state index contributed by atoms with van der Waals surface area (Å²) in [5, 5.41) is 0. The van der Waals surface area contributed by atoms with E-state index in [1.165, 1.54) is 4.90 Å². The molecule has 1 rings (SSSR count). The second kappa shape index (κ2) is 3.44. The maximum absolute atomic E-state index is 3.99. The smallest absolute Gasteiger partial charge is 0.0185 e. The lowest BCUT2D eigenvalue weighted by molar-refractivity contribution is 1.43. The van der Waals surface area contributed by atoms with Gasteiger partial charge in [-0.1, -0.05) is 28.1 Å². The average Bonchev–Trinajstić information content (AvgIpc) is 1.88. The van der Waals surface area contributed by atoms with Gasteiger partial charge in [0.2, 0.25) is 0 Å². The van der Waals surface area contributed by atoms with Gasteiger partial charge in [-0.3, -0.25) is 0 Å². The van der Waals surface area contributed by atoms with Crippen molar-refractivity contribution >= 4 is 26.8 Å². The molecule has 10 heavy (non-hydrogen) atoms. The zero-order valence-corrected chi connectivity index (χ0v) is 8.32. The summed E-state index contributed by atoms with van der Waals surface area (Å²) < 4.78 is 1.14. The number of halogens is 1. The van der Waals surface area contributed by atoms with Crippen molar-refractivity contribution in [1.29, 1.82) is 0 Å². The Morgan fingerprint density at radius 3 is 2.60 bits per heavy atom. The van der Waals surface area contributed by atoms with E-state index in [9.17, 15) is 0 Å². The highest BCUT2D eigenvalue weighted by Crippen LogP contribution is 2.31. The Kier molecular flexibility index (Phi) is 2.81. The molecule has 0 aliphatic rings.